The second-order valence-corrected chi connectivity index (χ2v) is 19.8. The van der Waals surface area contributed by atoms with Crippen LogP contribution in [-0.2, 0) is 5.41 Å². The molecule has 0 fully saturated rings. The topological polar surface area (TPSA) is 12.9 Å². The highest BCUT2D eigenvalue weighted by Crippen LogP contribution is 2.42. The SMILES string of the molecule is [2H]c1cc2c(sc3cc([Si](CC(C)C)(CC(C)C)CC(C)C)ccc32)c(-c2cc(C(C)(C)C)c3ccccc3c2)n1. The molecule has 0 aliphatic heterocycles. The minimum atomic E-state index is -1.72. The summed E-state index contributed by atoms with van der Waals surface area (Å²) in [4.78, 5) is 4.87. The first-order valence-electron chi connectivity index (χ1n) is 15.7. The molecule has 0 amide bonds. The van der Waals surface area contributed by atoms with Gasteiger partial charge in [-0.25, -0.2) is 0 Å². The maximum atomic E-state index is 8.69. The smallest absolute Gasteiger partial charge is 0.0880 e. The molecule has 210 valence electrons. The van der Waals surface area contributed by atoms with Crippen LogP contribution in [0.2, 0.25) is 18.1 Å². The zero-order valence-corrected chi connectivity index (χ0v) is 27.8. The fraction of sp³-hybridized carbons (Fsp3) is 0.432. The van der Waals surface area contributed by atoms with E-state index in [4.69, 9.17) is 6.35 Å². The average molecular weight is 567 g/mol. The Kier molecular flexibility index (Phi) is 7.65. The van der Waals surface area contributed by atoms with Gasteiger partial charge in [-0.3, -0.25) is 4.98 Å². The predicted octanol–water partition coefficient (Wildman–Crippen LogP) is 11.2. The second kappa shape index (κ2) is 11.1. The van der Waals surface area contributed by atoms with Crippen molar-refractivity contribution >= 4 is 55.5 Å². The standard InChI is InChI=1S/C37H47NSSi/c1-24(2)21-40(22-25(3)4,23-26(5)6)29-14-15-31-32-16-17-38-35(36(32)39-34(31)20-29)28-18-27-12-10-11-13-30(27)33(19-28)37(7,8)9/h10-20,24-26H,21-23H2,1-9H3/i17D. The van der Waals surface area contributed by atoms with Gasteiger partial charge in [0.25, 0.3) is 0 Å². The van der Waals surface area contributed by atoms with Crippen molar-refractivity contribution in [3.8, 4) is 11.3 Å². The molecule has 0 aliphatic carbocycles. The van der Waals surface area contributed by atoms with Crippen molar-refractivity contribution in [3.05, 3.63) is 72.4 Å². The van der Waals surface area contributed by atoms with Gasteiger partial charge in [0.1, 0.15) is 0 Å². The lowest BCUT2D eigenvalue weighted by Crippen LogP contribution is -2.50. The summed E-state index contributed by atoms with van der Waals surface area (Å²) in [6, 6.07) is 26.7. The Hall–Kier alpha value is -2.49. The van der Waals surface area contributed by atoms with Gasteiger partial charge in [-0.1, -0.05) is 122 Å². The molecule has 3 heteroatoms. The summed E-state index contributed by atoms with van der Waals surface area (Å²) in [6.07, 6.45) is 0.338. The van der Waals surface area contributed by atoms with Crippen molar-refractivity contribution in [2.45, 2.75) is 85.9 Å². The van der Waals surface area contributed by atoms with Crippen molar-refractivity contribution in [2.24, 2.45) is 17.8 Å². The third-order valence-corrected chi connectivity index (χ3v) is 15.8. The third-order valence-electron chi connectivity index (χ3n) is 8.28. The van der Waals surface area contributed by atoms with E-state index < -0.39 is 8.07 Å². The van der Waals surface area contributed by atoms with Crippen LogP contribution in [0, 0.1) is 17.8 Å². The Morgan fingerprint density at radius 3 is 2.05 bits per heavy atom. The molecule has 0 N–H and O–H groups in total. The first kappa shape index (κ1) is 27.7. The molecular formula is C37H47NSSi. The molecule has 5 aromatic rings. The van der Waals surface area contributed by atoms with Crippen molar-refractivity contribution < 1.29 is 1.37 Å². The van der Waals surface area contributed by atoms with Crippen LogP contribution in [-0.4, -0.2) is 13.1 Å². The lowest BCUT2D eigenvalue weighted by Gasteiger charge is -2.37. The van der Waals surface area contributed by atoms with Crippen molar-refractivity contribution in [3.63, 3.8) is 0 Å². The molecule has 0 spiro atoms. The van der Waals surface area contributed by atoms with E-state index in [1.807, 2.05) is 17.4 Å². The molecule has 5 rings (SSSR count). The highest BCUT2D eigenvalue weighted by atomic mass is 32.1. The summed E-state index contributed by atoms with van der Waals surface area (Å²) in [5, 5.41) is 6.58. The highest BCUT2D eigenvalue weighted by molar-refractivity contribution is 7.26. The summed E-state index contributed by atoms with van der Waals surface area (Å²) in [5.74, 6) is 2.09. The zero-order chi connectivity index (χ0) is 29.7. The molecule has 0 aliphatic rings. The monoisotopic (exact) mass is 566 g/mol. The largest absolute Gasteiger partial charge is 0.255 e. The number of fused-ring (bicyclic) bond motifs is 4. The molecule has 3 aromatic carbocycles. The predicted molar refractivity (Wildman–Crippen MR) is 183 cm³/mol. The molecular weight excluding hydrogens is 519 g/mol. The number of nitrogens with zero attached hydrogens (tertiary/aromatic N) is 1. The number of hydrogen-bond donors (Lipinski definition) is 0. The van der Waals surface area contributed by atoms with E-state index in [9.17, 15) is 0 Å². The van der Waals surface area contributed by atoms with Gasteiger partial charge in [-0.05, 0) is 63.8 Å². The van der Waals surface area contributed by atoms with Crippen LogP contribution in [0.5, 0.6) is 0 Å². The summed E-state index contributed by atoms with van der Waals surface area (Å²) < 4.78 is 11.2. The summed E-state index contributed by atoms with van der Waals surface area (Å²) in [7, 11) is -1.72. The number of rotatable bonds is 8. The van der Waals surface area contributed by atoms with Crippen LogP contribution in [0.3, 0.4) is 0 Å². The van der Waals surface area contributed by atoms with E-state index in [1.165, 1.54) is 54.6 Å². The molecule has 0 unspecified atom stereocenters. The number of hydrogen-bond acceptors (Lipinski definition) is 2. The number of thiophene rings is 1. The van der Waals surface area contributed by atoms with Crippen LogP contribution >= 0.6 is 11.3 Å². The molecule has 2 aromatic heterocycles. The summed E-state index contributed by atoms with van der Waals surface area (Å²) >= 11 is 1.87. The first-order chi connectivity index (χ1) is 19.3. The van der Waals surface area contributed by atoms with E-state index in [0.29, 0.717) is 23.9 Å². The van der Waals surface area contributed by atoms with E-state index in [2.05, 4.69) is 117 Å². The number of benzene rings is 3. The molecule has 1 nitrogen and oxygen atoms in total. The lowest BCUT2D eigenvalue weighted by molar-refractivity contribution is 0.596. The van der Waals surface area contributed by atoms with E-state index in [-0.39, 0.29) is 5.41 Å². The van der Waals surface area contributed by atoms with Crippen molar-refractivity contribution in [2.75, 3.05) is 0 Å². The normalized spacial score (nSPS) is 13.4. The maximum Gasteiger partial charge on any atom is 0.0880 e. The Bertz CT molecular complexity index is 1680. The molecule has 0 saturated heterocycles. The Labute approximate surface area is 248 Å². The second-order valence-electron chi connectivity index (χ2n) is 14.4. The molecule has 40 heavy (non-hydrogen) atoms. The van der Waals surface area contributed by atoms with Crippen molar-refractivity contribution in [1.29, 1.82) is 0 Å². The van der Waals surface area contributed by atoms with E-state index in [1.54, 1.807) is 5.19 Å². The number of aromatic nitrogens is 1. The summed E-state index contributed by atoms with van der Waals surface area (Å²) in [5.41, 5.74) is 3.38. The van der Waals surface area contributed by atoms with E-state index in [0.717, 1.165) is 11.3 Å². The van der Waals surface area contributed by atoms with Gasteiger partial charge in [0, 0.05) is 27.2 Å². The minimum absolute atomic E-state index is 0.000425. The van der Waals surface area contributed by atoms with Crippen molar-refractivity contribution in [1.82, 2.24) is 4.98 Å². The Morgan fingerprint density at radius 1 is 0.775 bits per heavy atom. The fourth-order valence-electron chi connectivity index (χ4n) is 7.19. The highest BCUT2D eigenvalue weighted by Gasteiger charge is 2.37. The average Bonchev–Trinajstić information content (AvgIpc) is 3.23. The Balaban J connectivity index is 1.75. The summed E-state index contributed by atoms with van der Waals surface area (Å²) in [6.45, 7) is 21.3. The quantitative estimate of drug-likeness (QED) is 0.170. The van der Waals surface area contributed by atoms with Crippen LogP contribution in [0.15, 0.2) is 66.8 Å². The minimum Gasteiger partial charge on any atom is -0.255 e. The number of pyridine rings is 1. The zero-order valence-electron chi connectivity index (χ0n) is 27.0. The first-order valence-corrected chi connectivity index (χ1v) is 18.6. The third kappa shape index (κ3) is 5.65. The van der Waals surface area contributed by atoms with Crippen LogP contribution < -0.4 is 5.19 Å². The van der Waals surface area contributed by atoms with Gasteiger partial charge in [-0.2, -0.15) is 0 Å². The van der Waals surface area contributed by atoms with Gasteiger partial charge in [0.2, 0.25) is 0 Å². The van der Waals surface area contributed by atoms with Gasteiger partial charge in [-0.15, -0.1) is 11.3 Å². The molecule has 0 atom stereocenters. The van der Waals surface area contributed by atoms with Gasteiger partial charge in [0.15, 0.2) is 0 Å². The Morgan fingerprint density at radius 2 is 1.43 bits per heavy atom. The molecule has 0 radical (unpaired) electrons. The van der Waals surface area contributed by atoms with Crippen LogP contribution in [0.4, 0.5) is 0 Å². The van der Waals surface area contributed by atoms with Gasteiger partial charge in [0.05, 0.1) is 19.8 Å². The molecule has 2 heterocycles. The van der Waals surface area contributed by atoms with Crippen LogP contribution in [0.25, 0.3) is 42.2 Å². The van der Waals surface area contributed by atoms with E-state index >= 15 is 0 Å². The van der Waals surface area contributed by atoms with Gasteiger partial charge >= 0.3 is 0 Å². The van der Waals surface area contributed by atoms with Gasteiger partial charge < -0.3 is 0 Å². The molecule has 0 bridgehead atoms. The molecule has 0 saturated carbocycles. The maximum absolute atomic E-state index is 8.69. The van der Waals surface area contributed by atoms with Crippen LogP contribution in [0.1, 0.15) is 69.2 Å². The fourth-order valence-corrected chi connectivity index (χ4v) is 15.3. The lowest BCUT2D eigenvalue weighted by atomic mass is 9.82.